The van der Waals surface area contributed by atoms with Gasteiger partial charge in [0.15, 0.2) is 5.75 Å². The van der Waals surface area contributed by atoms with E-state index in [1.807, 2.05) is 18.2 Å². The van der Waals surface area contributed by atoms with E-state index in [1.54, 1.807) is 20.1 Å². The Morgan fingerprint density at radius 2 is 2.05 bits per heavy atom. The summed E-state index contributed by atoms with van der Waals surface area (Å²) in [5.41, 5.74) is 1.35. The number of pyridine rings is 1. The average Bonchev–Trinajstić information content (AvgIpc) is 2.47. The van der Waals surface area contributed by atoms with Crippen LogP contribution in [0.2, 0.25) is 0 Å². The lowest BCUT2D eigenvalue weighted by Crippen LogP contribution is -2.04. The van der Waals surface area contributed by atoms with E-state index in [0.717, 1.165) is 5.56 Å². The number of hydrogen-bond acceptors (Lipinski definition) is 4. The van der Waals surface area contributed by atoms with E-state index >= 15 is 0 Å². The highest BCUT2D eigenvalue weighted by Crippen LogP contribution is 2.30. The second-order valence-electron chi connectivity index (χ2n) is 4.00. The van der Waals surface area contributed by atoms with Crippen LogP contribution in [0.5, 0.6) is 11.5 Å². The number of para-hydroxylation sites is 1. The Bertz CT molecular complexity index is 625. The average molecular weight is 273 g/mol. The lowest BCUT2D eigenvalue weighted by atomic mass is 10.1. The van der Waals surface area contributed by atoms with E-state index < -0.39 is 5.97 Å². The molecule has 0 saturated heterocycles. The number of carboxylic acids is 1. The van der Waals surface area contributed by atoms with Gasteiger partial charge in [0.25, 0.3) is 0 Å². The van der Waals surface area contributed by atoms with Crippen LogP contribution in [-0.4, -0.2) is 29.8 Å². The quantitative estimate of drug-likeness (QED) is 0.907. The molecule has 0 unspecified atom stereocenters. The molecule has 0 atom stereocenters. The molecular weight excluding hydrogens is 258 g/mol. The van der Waals surface area contributed by atoms with E-state index in [9.17, 15) is 9.90 Å². The summed E-state index contributed by atoms with van der Waals surface area (Å²) in [5, 5.41) is 9.25. The van der Waals surface area contributed by atoms with E-state index in [2.05, 4.69) is 4.98 Å². The Balaban J connectivity index is 2.53. The zero-order valence-corrected chi connectivity index (χ0v) is 11.3. The van der Waals surface area contributed by atoms with Gasteiger partial charge in [0.1, 0.15) is 11.3 Å². The van der Waals surface area contributed by atoms with Crippen molar-refractivity contribution in [3.05, 3.63) is 42.1 Å². The molecule has 0 saturated carbocycles. The minimum absolute atomic E-state index is 0.0859. The van der Waals surface area contributed by atoms with Crippen LogP contribution in [-0.2, 0) is 0 Å². The molecule has 1 N–H and O–H groups in total. The summed E-state index contributed by atoms with van der Waals surface area (Å²) in [7, 11) is 1.56. The van der Waals surface area contributed by atoms with Crippen molar-refractivity contribution in [2.75, 3.05) is 13.7 Å². The van der Waals surface area contributed by atoms with Crippen LogP contribution in [0.15, 0.2) is 36.5 Å². The van der Waals surface area contributed by atoms with Crippen LogP contribution >= 0.6 is 0 Å². The highest BCUT2D eigenvalue weighted by Gasteiger charge is 2.15. The van der Waals surface area contributed by atoms with Crippen molar-refractivity contribution in [3.63, 3.8) is 0 Å². The summed E-state index contributed by atoms with van der Waals surface area (Å²) in [6, 6.07) is 8.80. The Labute approximate surface area is 116 Å². The minimum atomic E-state index is -1.05. The summed E-state index contributed by atoms with van der Waals surface area (Å²) in [6.45, 7) is 2.18. The predicted molar refractivity (Wildman–Crippen MR) is 74.4 cm³/mol. The summed E-state index contributed by atoms with van der Waals surface area (Å²) in [4.78, 5) is 15.5. The number of methoxy groups -OCH3 is 1. The van der Waals surface area contributed by atoms with E-state index in [0.29, 0.717) is 18.1 Å². The second-order valence-corrected chi connectivity index (χ2v) is 4.00. The molecule has 1 aromatic carbocycles. The van der Waals surface area contributed by atoms with E-state index in [-0.39, 0.29) is 11.3 Å². The van der Waals surface area contributed by atoms with Crippen molar-refractivity contribution in [1.82, 2.24) is 4.98 Å². The number of hydrogen-bond donors (Lipinski definition) is 1. The standard InChI is InChI=1S/C15H15NO4/c1-3-20-14-9-16-12(8-11(14)15(17)18)10-6-4-5-7-13(10)19-2/h4-9H,3H2,1-2H3,(H,17,18). The molecule has 0 aliphatic carbocycles. The number of aromatic carboxylic acids is 1. The molecule has 0 aliphatic heterocycles. The molecule has 1 aromatic heterocycles. The van der Waals surface area contributed by atoms with Gasteiger partial charge in [-0.1, -0.05) is 12.1 Å². The Kier molecular flexibility index (Phi) is 4.20. The maximum atomic E-state index is 11.3. The van der Waals surface area contributed by atoms with Crippen LogP contribution in [0.4, 0.5) is 0 Å². The molecule has 2 aromatic rings. The number of nitrogens with zero attached hydrogens (tertiary/aromatic N) is 1. The van der Waals surface area contributed by atoms with Crippen molar-refractivity contribution in [2.24, 2.45) is 0 Å². The zero-order valence-electron chi connectivity index (χ0n) is 11.3. The predicted octanol–water partition coefficient (Wildman–Crippen LogP) is 2.85. The van der Waals surface area contributed by atoms with E-state index in [4.69, 9.17) is 9.47 Å². The topological polar surface area (TPSA) is 68.7 Å². The van der Waals surface area contributed by atoms with Crippen LogP contribution in [0.3, 0.4) is 0 Å². The fraction of sp³-hybridized carbons (Fsp3) is 0.200. The van der Waals surface area contributed by atoms with Gasteiger partial charge >= 0.3 is 5.97 Å². The number of aromatic nitrogens is 1. The minimum Gasteiger partial charge on any atom is -0.496 e. The first-order valence-corrected chi connectivity index (χ1v) is 6.17. The van der Waals surface area contributed by atoms with Gasteiger partial charge in [-0.15, -0.1) is 0 Å². The highest BCUT2D eigenvalue weighted by atomic mass is 16.5. The van der Waals surface area contributed by atoms with Gasteiger partial charge in [0.05, 0.1) is 25.6 Å². The monoisotopic (exact) mass is 273 g/mol. The van der Waals surface area contributed by atoms with Crippen molar-refractivity contribution < 1.29 is 19.4 Å². The lowest BCUT2D eigenvalue weighted by molar-refractivity contribution is 0.0692. The third kappa shape index (κ3) is 2.71. The molecule has 5 nitrogen and oxygen atoms in total. The van der Waals surface area contributed by atoms with Crippen LogP contribution in [0, 0.1) is 0 Å². The van der Waals surface area contributed by atoms with Gasteiger partial charge in [0.2, 0.25) is 0 Å². The van der Waals surface area contributed by atoms with Gasteiger partial charge in [-0.2, -0.15) is 0 Å². The third-order valence-corrected chi connectivity index (χ3v) is 2.78. The summed E-state index contributed by atoms with van der Waals surface area (Å²) < 4.78 is 10.5. The molecule has 0 bridgehead atoms. The molecule has 1 heterocycles. The largest absolute Gasteiger partial charge is 0.496 e. The first-order chi connectivity index (χ1) is 9.67. The highest BCUT2D eigenvalue weighted by molar-refractivity contribution is 5.92. The zero-order chi connectivity index (χ0) is 14.5. The van der Waals surface area contributed by atoms with Crippen molar-refractivity contribution in [2.45, 2.75) is 6.92 Å². The van der Waals surface area contributed by atoms with Gasteiger partial charge in [0, 0.05) is 5.56 Å². The van der Waals surface area contributed by atoms with Crippen molar-refractivity contribution >= 4 is 5.97 Å². The Morgan fingerprint density at radius 1 is 1.30 bits per heavy atom. The first-order valence-electron chi connectivity index (χ1n) is 6.17. The van der Waals surface area contributed by atoms with Crippen LogP contribution in [0.25, 0.3) is 11.3 Å². The Hall–Kier alpha value is -2.56. The van der Waals surface area contributed by atoms with Gasteiger partial charge in [-0.3, -0.25) is 4.98 Å². The number of ether oxygens (including phenoxy) is 2. The fourth-order valence-electron chi connectivity index (χ4n) is 1.88. The number of carbonyl (C=O) groups is 1. The summed E-state index contributed by atoms with van der Waals surface area (Å²) >= 11 is 0. The van der Waals surface area contributed by atoms with Crippen molar-refractivity contribution in [3.8, 4) is 22.8 Å². The SMILES string of the molecule is CCOc1cnc(-c2ccccc2OC)cc1C(=O)O. The molecule has 0 aliphatic rings. The second kappa shape index (κ2) is 6.06. The molecule has 20 heavy (non-hydrogen) atoms. The molecule has 0 spiro atoms. The fourth-order valence-corrected chi connectivity index (χ4v) is 1.88. The normalized spacial score (nSPS) is 10.1. The lowest BCUT2D eigenvalue weighted by Gasteiger charge is -2.11. The maximum absolute atomic E-state index is 11.3. The smallest absolute Gasteiger partial charge is 0.339 e. The van der Waals surface area contributed by atoms with Gasteiger partial charge in [-0.05, 0) is 25.1 Å². The summed E-state index contributed by atoms with van der Waals surface area (Å²) in [6.07, 6.45) is 1.43. The molecular formula is C15H15NO4. The molecule has 0 amide bonds. The van der Waals surface area contributed by atoms with Crippen molar-refractivity contribution in [1.29, 1.82) is 0 Å². The summed E-state index contributed by atoms with van der Waals surface area (Å²) in [5.74, 6) is -0.147. The number of benzene rings is 1. The van der Waals surface area contributed by atoms with Gasteiger partial charge in [-0.25, -0.2) is 4.79 Å². The molecule has 5 heteroatoms. The molecule has 104 valence electrons. The van der Waals surface area contributed by atoms with Crippen LogP contribution in [0.1, 0.15) is 17.3 Å². The van der Waals surface area contributed by atoms with Crippen LogP contribution < -0.4 is 9.47 Å². The number of carboxylic acid groups (broad SMARTS) is 1. The van der Waals surface area contributed by atoms with Gasteiger partial charge < -0.3 is 14.6 Å². The molecule has 0 radical (unpaired) electrons. The number of rotatable bonds is 5. The molecule has 0 fully saturated rings. The first kappa shape index (κ1) is 13.9. The maximum Gasteiger partial charge on any atom is 0.339 e. The molecule has 2 rings (SSSR count). The Morgan fingerprint density at radius 3 is 2.70 bits per heavy atom. The van der Waals surface area contributed by atoms with E-state index in [1.165, 1.54) is 12.3 Å². The third-order valence-electron chi connectivity index (χ3n) is 2.78.